The lowest BCUT2D eigenvalue weighted by Crippen LogP contribution is -2.22. The summed E-state index contributed by atoms with van der Waals surface area (Å²) in [5, 5.41) is 0. The minimum atomic E-state index is 0.0176. The zero-order valence-electron chi connectivity index (χ0n) is 15.2. The van der Waals surface area contributed by atoms with Crippen LogP contribution in [0.5, 0.6) is 0 Å². The van der Waals surface area contributed by atoms with Crippen LogP contribution in [0.15, 0.2) is 85.3 Å². The number of hydrogen-bond donors (Lipinski definition) is 0. The molecule has 0 aromatic carbocycles. The maximum Gasteiger partial charge on any atom is 0.122 e. The van der Waals surface area contributed by atoms with Gasteiger partial charge in [-0.2, -0.15) is 0 Å². The van der Waals surface area contributed by atoms with Gasteiger partial charge in [-0.1, -0.05) is 73.4 Å². The first kappa shape index (κ1) is 20.0. The second-order valence-electron chi connectivity index (χ2n) is 5.84. The molecular formula is C22H30O2. The molecule has 0 fully saturated rings. The van der Waals surface area contributed by atoms with Gasteiger partial charge < -0.3 is 9.47 Å². The Labute approximate surface area is 147 Å². The zero-order valence-corrected chi connectivity index (χ0v) is 15.2. The summed E-state index contributed by atoms with van der Waals surface area (Å²) in [5.74, 6) is 0.287. The molecule has 2 nitrogen and oxygen atoms in total. The second-order valence-corrected chi connectivity index (χ2v) is 5.84. The molecule has 0 bridgehead atoms. The Hall–Kier alpha value is -2.06. The first-order valence-electron chi connectivity index (χ1n) is 8.41. The Morgan fingerprint density at radius 3 is 2.88 bits per heavy atom. The largest absolute Gasteiger partial charge is 0.493 e. The van der Waals surface area contributed by atoms with Crippen molar-refractivity contribution in [2.45, 2.75) is 38.9 Å². The summed E-state index contributed by atoms with van der Waals surface area (Å²) in [6.07, 6.45) is 22.0. The summed E-state index contributed by atoms with van der Waals surface area (Å²) in [7, 11) is 1.73. The molecule has 0 N–H and O–H groups in total. The predicted molar refractivity (Wildman–Crippen MR) is 104 cm³/mol. The maximum absolute atomic E-state index is 5.82. The van der Waals surface area contributed by atoms with Crippen molar-refractivity contribution in [3.63, 3.8) is 0 Å². The van der Waals surface area contributed by atoms with Crippen LogP contribution in [-0.2, 0) is 9.47 Å². The molecule has 0 spiro atoms. The summed E-state index contributed by atoms with van der Waals surface area (Å²) in [4.78, 5) is 0. The molecule has 2 heteroatoms. The van der Waals surface area contributed by atoms with Crippen molar-refractivity contribution in [1.82, 2.24) is 0 Å². The first-order chi connectivity index (χ1) is 11.6. The SMILES string of the molecule is C=C/C=C\C(C)=C\C1CC(/C=C/CC(/C=C\C)OC)=COC1C=C. The van der Waals surface area contributed by atoms with E-state index in [0.717, 1.165) is 12.8 Å². The molecule has 0 aliphatic carbocycles. The lowest BCUT2D eigenvalue weighted by molar-refractivity contribution is 0.129. The van der Waals surface area contributed by atoms with Gasteiger partial charge in [0, 0.05) is 13.0 Å². The predicted octanol–water partition coefficient (Wildman–Crippen LogP) is 5.69. The third kappa shape index (κ3) is 7.01. The Morgan fingerprint density at radius 2 is 2.25 bits per heavy atom. The van der Waals surface area contributed by atoms with Crippen molar-refractivity contribution in [1.29, 1.82) is 0 Å². The van der Waals surface area contributed by atoms with Crippen LogP contribution in [0.25, 0.3) is 0 Å². The van der Waals surface area contributed by atoms with Crippen molar-refractivity contribution in [2.24, 2.45) is 5.92 Å². The summed E-state index contributed by atoms with van der Waals surface area (Å²) >= 11 is 0. The fourth-order valence-corrected chi connectivity index (χ4v) is 2.63. The molecule has 0 aromatic rings. The van der Waals surface area contributed by atoms with E-state index in [2.05, 4.69) is 50.5 Å². The Morgan fingerprint density at radius 1 is 1.46 bits per heavy atom. The van der Waals surface area contributed by atoms with Gasteiger partial charge in [0.2, 0.25) is 0 Å². The molecule has 130 valence electrons. The number of rotatable bonds is 9. The highest BCUT2D eigenvalue weighted by Crippen LogP contribution is 2.28. The van der Waals surface area contributed by atoms with E-state index in [-0.39, 0.29) is 18.1 Å². The molecule has 0 saturated carbocycles. The van der Waals surface area contributed by atoms with E-state index in [4.69, 9.17) is 9.47 Å². The van der Waals surface area contributed by atoms with Crippen LogP contribution in [0.4, 0.5) is 0 Å². The van der Waals surface area contributed by atoms with Gasteiger partial charge in [0.05, 0.1) is 12.4 Å². The quantitative estimate of drug-likeness (QED) is 0.400. The molecule has 0 aromatic heterocycles. The van der Waals surface area contributed by atoms with E-state index in [1.165, 1.54) is 11.1 Å². The molecule has 3 unspecified atom stereocenters. The molecule has 1 aliphatic heterocycles. The van der Waals surface area contributed by atoms with Crippen LogP contribution < -0.4 is 0 Å². The highest BCUT2D eigenvalue weighted by molar-refractivity contribution is 5.26. The first-order valence-corrected chi connectivity index (χ1v) is 8.41. The van der Waals surface area contributed by atoms with Crippen molar-refractivity contribution >= 4 is 0 Å². The monoisotopic (exact) mass is 326 g/mol. The average Bonchev–Trinajstić information content (AvgIpc) is 2.59. The lowest BCUT2D eigenvalue weighted by atomic mass is 9.90. The third-order valence-corrected chi connectivity index (χ3v) is 3.88. The number of hydrogen-bond acceptors (Lipinski definition) is 2. The summed E-state index contributed by atoms with van der Waals surface area (Å²) < 4.78 is 11.2. The van der Waals surface area contributed by atoms with Crippen molar-refractivity contribution in [3.8, 4) is 0 Å². The topological polar surface area (TPSA) is 18.5 Å². The summed E-state index contributed by atoms with van der Waals surface area (Å²) in [6.45, 7) is 11.7. The Bertz CT molecular complexity index is 546. The van der Waals surface area contributed by atoms with Crippen molar-refractivity contribution in [2.75, 3.05) is 7.11 Å². The van der Waals surface area contributed by atoms with E-state index in [0.29, 0.717) is 0 Å². The van der Waals surface area contributed by atoms with Gasteiger partial charge in [-0.25, -0.2) is 0 Å². The number of allylic oxidation sites excluding steroid dienone is 7. The fourth-order valence-electron chi connectivity index (χ4n) is 2.63. The van der Waals surface area contributed by atoms with Crippen LogP contribution >= 0.6 is 0 Å². The third-order valence-electron chi connectivity index (χ3n) is 3.88. The molecule has 1 heterocycles. The maximum atomic E-state index is 5.82. The van der Waals surface area contributed by atoms with E-state index in [9.17, 15) is 0 Å². The number of ether oxygens (including phenoxy) is 2. The highest BCUT2D eigenvalue weighted by Gasteiger charge is 2.22. The van der Waals surface area contributed by atoms with Gasteiger partial charge in [-0.15, -0.1) is 0 Å². The van der Waals surface area contributed by atoms with E-state index in [1.54, 1.807) is 13.2 Å². The Kier molecular flexibility index (Phi) is 9.55. The summed E-state index contributed by atoms with van der Waals surface area (Å²) in [5.41, 5.74) is 2.39. The fraction of sp³-hybridized carbons (Fsp3) is 0.364. The van der Waals surface area contributed by atoms with E-state index in [1.807, 2.05) is 31.4 Å². The van der Waals surface area contributed by atoms with Crippen LogP contribution in [0.2, 0.25) is 0 Å². The van der Waals surface area contributed by atoms with E-state index >= 15 is 0 Å². The van der Waals surface area contributed by atoms with Gasteiger partial charge >= 0.3 is 0 Å². The van der Waals surface area contributed by atoms with E-state index < -0.39 is 0 Å². The minimum Gasteiger partial charge on any atom is -0.493 e. The van der Waals surface area contributed by atoms with Gasteiger partial charge in [0.25, 0.3) is 0 Å². The number of methoxy groups -OCH3 is 1. The van der Waals surface area contributed by atoms with Crippen LogP contribution in [0.1, 0.15) is 26.7 Å². The minimum absolute atomic E-state index is 0.0176. The second kappa shape index (κ2) is 11.5. The molecule has 1 rings (SSSR count). The lowest BCUT2D eigenvalue weighted by Gasteiger charge is -2.27. The van der Waals surface area contributed by atoms with Crippen molar-refractivity contribution < 1.29 is 9.47 Å². The molecule has 0 radical (unpaired) electrons. The normalized spacial score (nSPS) is 23.5. The smallest absolute Gasteiger partial charge is 0.122 e. The van der Waals surface area contributed by atoms with Gasteiger partial charge in [0.15, 0.2) is 0 Å². The van der Waals surface area contributed by atoms with Gasteiger partial charge in [0.1, 0.15) is 6.10 Å². The van der Waals surface area contributed by atoms with Crippen LogP contribution in [-0.4, -0.2) is 19.3 Å². The summed E-state index contributed by atoms with van der Waals surface area (Å²) in [6, 6.07) is 0. The molecule has 0 saturated heterocycles. The Balaban J connectivity index is 2.74. The highest BCUT2D eigenvalue weighted by atomic mass is 16.5. The average molecular weight is 326 g/mol. The van der Waals surface area contributed by atoms with Crippen molar-refractivity contribution in [3.05, 3.63) is 85.3 Å². The molecule has 3 atom stereocenters. The zero-order chi connectivity index (χ0) is 17.8. The van der Waals surface area contributed by atoms with Crippen LogP contribution in [0, 0.1) is 5.92 Å². The van der Waals surface area contributed by atoms with Crippen LogP contribution in [0.3, 0.4) is 0 Å². The van der Waals surface area contributed by atoms with Gasteiger partial charge in [-0.05, 0) is 32.3 Å². The van der Waals surface area contributed by atoms with Gasteiger partial charge in [-0.3, -0.25) is 0 Å². The molecule has 0 amide bonds. The molecule has 24 heavy (non-hydrogen) atoms. The molecular weight excluding hydrogens is 296 g/mol. The standard InChI is InChI=1S/C22H30O2/c1-6-9-12-18(4)15-20-16-19(17-24-22(20)8-3)13-10-14-21(23-5)11-7-2/h6-13,15,17,20-22H,1,3,14,16H2,2,4-5H3/b11-7-,12-9-,13-10+,18-15+. The molecule has 1 aliphatic rings.